The Kier molecular flexibility index (Phi) is 3.92. The monoisotopic (exact) mass is 203 g/mol. The summed E-state index contributed by atoms with van der Waals surface area (Å²) in [6.45, 7) is 6.40. The van der Waals surface area contributed by atoms with Crippen molar-refractivity contribution in [3.05, 3.63) is 0 Å². The molecule has 0 N–H and O–H groups in total. The predicted molar refractivity (Wildman–Crippen MR) is 54.1 cm³/mol. The van der Waals surface area contributed by atoms with E-state index >= 15 is 0 Å². The third kappa shape index (κ3) is 2.78. The molecule has 0 radical (unpaired) electrons. The molecule has 3 heteroatoms. The van der Waals surface area contributed by atoms with E-state index in [9.17, 15) is 8.76 Å². The van der Waals surface area contributed by atoms with Crippen molar-refractivity contribution >= 4 is 11.1 Å². The molecule has 78 valence electrons. The van der Waals surface area contributed by atoms with Crippen LogP contribution < -0.4 is 0 Å². The Morgan fingerprint density at radius 2 is 2.00 bits per heavy atom. The molecular formula is C10H19O2S-. The maximum absolute atomic E-state index is 11.0. The minimum absolute atomic E-state index is 0.0938. The fraction of sp³-hybridized carbons (Fsp3) is 1.00. The molecule has 0 aromatic carbocycles. The molecule has 0 amide bonds. The van der Waals surface area contributed by atoms with Gasteiger partial charge >= 0.3 is 0 Å². The van der Waals surface area contributed by atoms with Gasteiger partial charge in [0.1, 0.15) is 0 Å². The molecule has 1 aliphatic carbocycles. The van der Waals surface area contributed by atoms with Crippen molar-refractivity contribution in [2.45, 2.75) is 45.3 Å². The van der Waals surface area contributed by atoms with Crippen LogP contribution in [0, 0.1) is 17.8 Å². The lowest BCUT2D eigenvalue weighted by molar-refractivity contribution is 0.234. The van der Waals surface area contributed by atoms with Crippen LogP contribution in [0.3, 0.4) is 0 Å². The molecule has 0 saturated heterocycles. The van der Waals surface area contributed by atoms with E-state index in [1.165, 1.54) is 6.42 Å². The maximum atomic E-state index is 11.0. The van der Waals surface area contributed by atoms with Crippen LogP contribution in [0.4, 0.5) is 0 Å². The van der Waals surface area contributed by atoms with Gasteiger partial charge in [-0.1, -0.05) is 38.3 Å². The van der Waals surface area contributed by atoms with Crippen molar-refractivity contribution in [2.75, 3.05) is 0 Å². The first-order valence-corrected chi connectivity index (χ1v) is 6.24. The van der Waals surface area contributed by atoms with Crippen molar-refractivity contribution in [3.8, 4) is 0 Å². The molecule has 0 aromatic rings. The van der Waals surface area contributed by atoms with Crippen molar-refractivity contribution in [3.63, 3.8) is 0 Å². The highest BCUT2D eigenvalue weighted by atomic mass is 32.2. The molecule has 1 saturated carbocycles. The molecule has 0 spiro atoms. The van der Waals surface area contributed by atoms with Gasteiger partial charge in [0.15, 0.2) is 0 Å². The SMILES string of the molecule is CC1CCC(C(C)C)C(S(=O)[O-])C1. The molecule has 13 heavy (non-hydrogen) atoms. The highest BCUT2D eigenvalue weighted by Gasteiger charge is 2.31. The quantitative estimate of drug-likeness (QED) is 0.646. The summed E-state index contributed by atoms with van der Waals surface area (Å²) in [6, 6.07) is 0. The summed E-state index contributed by atoms with van der Waals surface area (Å²) in [7, 11) is 0. The fourth-order valence-electron chi connectivity index (χ4n) is 2.34. The molecule has 4 atom stereocenters. The normalized spacial score (nSPS) is 37.8. The van der Waals surface area contributed by atoms with Gasteiger partial charge in [0.2, 0.25) is 0 Å². The van der Waals surface area contributed by atoms with Gasteiger partial charge in [-0.25, -0.2) is 0 Å². The Labute approximate surface area is 83.4 Å². The van der Waals surface area contributed by atoms with Gasteiger partial charge in [-0.15, -0.1) is 0 Å². The van der Waals surface area contributed by atoms with E-state index in [4.69, 9.17) is 0 Å². The third-order valence-electron chi connectivity index (χ3n) is 3.21. The van der Waals surface area contributed by atoms with Crippen LogP contribution in [-0.4, -0.2) is 14.0 Å². The van der Waals surface area contributed by atoms with Gasteiger partial charge in [0, 0.05) is 5.25 Å². The van der Waals surface area contributed by atoms with Gasteiger partial charge in [0.25, 0.3) is 0 Å². The summed E-state index contributed by atoms with van der Waals surface area (Å²) in [6.07, 6.45) is 3.13. The molecule has 0 aromatic heterocycles. The predicted octanol–water partition coefficient (Wildman–Crippen LogP) is 2.33. The topological polar surface area (TPSA) is 40.1 Å². The molecule has 4 unspecified atom stereocenters. The second kappa shape index (κ2) is 4.56. The Morgan fingerprint density at radius 1 is 1.38 bits per heavy atom. The summed E-state index contributed by atoms with van der Waals surface area (Å²) in [5, 5.41) is -0.0938. The number of hydrogen-bond donors (Lipinski definition) is 0. The van der Waals surface area contributed by atoms with Crippen molar-refractivity contribution in [1.29, 1.82) is 0 Å². The number of hydrogen-bond acceptors (Lipinski definition) is 2. The molecule has 2 nitrogen and oxygen atoms in total. The largest absolute Gasteiger partial charge is 0.772 e. The summed E-state index contributed by atoms with van der Waals surface area (Å²) in [5.41, 5.74) is 0. The lowest BCUT2D eigenvalue weighted by Crippen LogP contribution is -2.35. The van der Waals surface area contributed by atoms with E-state index in [2.05, 4.69) is 20.8 Å². The average molecular weight is 203 g/mol. The van der Waals surface area contributed by atoms with Gasteiger partial charge in [0.05, 0.1) is 0 Å². The van der Waals surface area contributed by atoms with Gasteiger partial charge in [-0.2, -0.15) is 0 Å². The van der Waals surface area contributed by atoms with Crippen LogP contribution in [0.15, 0.2) is 0 Å². The summed E-state index contributed by atoms with van der Waals surface area (Å²) in [5.74, 6) is 1.46. The Balaban J connectivity index is 2.66. The molecule has 0 heterocycles. The third-order valence-corrected chi connectivity index (χ3v) is 4.24. The van der Waals surface area contributed by atoms with Crippen LogP contribution in [-0.2, 0) is 11.1 Å². The minimum atomic E-state index is -1.87. The summed E-state index contributed by atoms with van der Waals surface area (Å²) < 4.78 is 22.0. The van der Waals surface area contributed by atoms with Crippen molar-refractivity contribution in [1.82, 2.24) is 0 Å². The van der Waals surface area contributed by atoms with E-state index in [1.807, 2.05) is 0 Å². The van der Waals surface area contributed by atoms with Crippen LogP contribution in [0.2, 0.25) is 0 Å². The van der Waals surface area contributed by atoms with E-state index in [0.29, 0.717) is 17.8 Å². The minimum Gasteiger partial charge on any atom is -0.772 e. The van der Waals surface area contributed by atoms with Crippen LogP contribution in [0.1, 0.15) is 40.0 Å². The van der Waals surface area contributed by atoms with Gasteiger partial charge in [-0.05, 0) is 30.6 Å². The molecule has 0 bridgehead atoms. The lowest BCUT2D eigenvalue weighted by atomic mass is 9.77. The van der Waals surface area contributed by atoms with E-state index in [-0.39, 0.29) is 5.25 Å². The first-order valence-electron chi connectivity index (χ1n) is 5.10. The highest BCUT2D eigenvalue weighted by Crippen LogP contribution is 2.35. The maximum Gasteiger partial charge on any atom is 0.0249 e. The van der Waals surface area contributed by atoms with Gasteiger partial charge in [-0.3, -0.25) is 4.21 Å². The summed E-state index contributed by atoms with van der Waals surface area (Å²) >= 11 is -1.87. The lowest BCUT2D eigenvalue weighted by Gasteiger charge is -2.38. The van der Waals surface area contributed by atoms with Crippen molar-refractivity contribution < 1.29 is 8.76 Å². The van der Waals surface area contributed by atoms with E-state index < -0.39 is 11.1 Å². The second-order valence-electron chi connectivity index (χ2n) is 4.63. The highest BCUT2D eigenvalue weighted by molar-refractivity contribution is 7.79. The summed E-state index contributed by atoms with van der Waals surface area (Å²) in [4.78, 5) is 0. The second-order valence-corrected chi connectivity index (χ2v) is 5.75. The molecular weight excluding hydrogens is 184 g/mol. The zero-order valence-corrected chi connectivity index (χ0v) is 9.47. The molecule has 1 rings (SSSR count). The zero-order chi connectivity index (χ0) is 10.0. The standard InChI is InChI=1S/C10H20O2S/c1-7(2)9-5-4-8(3)6-10(9)13(11)12/h7-10H,4-6H2,1-3H3,(H,11,12)/p-1. The van der Waals surface area contributed by atoms with Crippen LogP contribution in [0.25, 0.3) is 0 Å². The van der Waals surface area contributed by atoms with Crippen molar-refractivity contribution in [2.24, 2.45) is 17.8 Å². The first-order chi connectivity index (χ1) is 6.02. The van der Waals surface area contributed by atoms with E-state index in [1.54, 1.807) is 0 Å². The van der Waals surface area contributed by atoms with Crippen LogP contribution >= 0.6 is 0 Å². The van der Waals surface area contributed by atoms with E-state index in [0.717, 1.165) is 12.8 Å². The Bertz CT molecular complexity index is 191. The molecule has 1 fully saturated rings. The smallest absolute Gasteiger partial charge is 0.0249 e. The molecule has 0 aliphatic heterocycles. The zero-order valence-electron chi connectivity index (χ0n) is 8.66. The Morgan fingerprint density at radius 3 is 2.46 bits per heavy atom. The fourth-order valence-corrected chi connectivity index (χ4v) is 3.56. The average Bonchev–Trinajstić information content (AvgIpc) is 2.03. The number of rotatable bonds is 2. The first kappa shape index (κ1) is 11.2. The molecule has 1 aliphatic rings. The Hall–Kier alpha value is 0.110. The van der Waals surface area contributed by atoms with Gasteiger partial charge < -0.3 is 4.55 Å². The van der Waals surface area contributed by atoms with Crippen LogP contribution in [0.5, 0.6) is 0 Å².